The zero-order valence-corrected chi connectivity index (χ0v) is 14.6. The van der Waals surface area contributed by atoms with Crippen molar-refractivity contribution in [2.45, 2.75) is 45.1 Å². The zero-order valence-electron chi connectivity index (χ0n) is 13.7. The molecule has 1 unspecified atom stereocenters. The first-order valence-electron chi connectivity index (χ1n) is 8.19. The number of hydrogen-bond acceptors (Lipinski definition) is 4. The molecule has 126 valence electrons. The van der Waals surface area contributed by atoms with Gasteiger partial charge < -0.3 is 14.8 Å². The van der Waals surface area contributed by atoms with E-state index in [0.717, 1.165) is 30.6 Å². The lowest BCUT2D eigenvalue weighted by molar-refractivity contribution is -0.126. The molecule has 2 N–H and O–H groups in total. The molecule has 0 saturated heterocycles. The fourth-order valence-electron chi connectivity index (χ4n) is 2.79. The smallest absolute Gasteiger partial charge is 0.223 e. The van der Waals surface area contributed by atoms with Crippen molar-refractivity contribution in [1.29, 1.82) is 0 Å². The minimum absolute atomic E-state index is 0.00851. The maximum atomic E-state index is 12.5. The van der Waals surface area contributed by atoms with Crippen LogP contribution in [0.4, 0.5) is 0 Å². The number of amides is 1. The average Bonchev–Trinajstić information content (AvgIpc) is 3.25. The van der Waals surface area contributed by atoms with Gasteiger partial charge in [-0.3, -0.25) is 4.79 Å². The molecule has 2 aromatic heterocycles. The fourth-order valence-corrected chi connectivity index (χ4v) is 3.61. The van der Waals surface area contributed by atoms with Gasteiger partial charge in [0.2, 0.25) is 5.91 Å². The van der Waals surface area contributed by atoms with Crippen molar-refractivity contribution in [1.82, 2.24) is 5.32 Å². The molecule has 0 fully saturated rings. The second-order valence-corrected chi connectivity index (χ2v) is 6.75. The van der Waals surface area contributed by atoms with Crippen LogP contribution in [0, 0.1) is 5.92 Å². The largest absolute Gasteiger partial charge is 0.466 e. The summed E-state index contributed by atoms with van der Waals surface area (Å²) in [5.74, 6) is 0.465. The van der Waals surface area contributed by atoms with Gasteiger partial charge in [0.1, 0.15) is 5.76 Å². The quantitative estimate of drug-likeness (QED) is 0.730. The van der Waals surface area contributed by atoms with Crippen molar-refractivity contribution in [2.75, 3.05) is 6.54 Å². The molecule has 4 nitrogen and oxygen atoms in total. The predicted molar refractivity (Wildman–Crippen MR) is 92.3 cm³/mol. The van der Waals surface area contributed by atoms with Crippen molar-refractivity contribution >= 4 is 17.2 Å². The number of hydrogen-bond donors (Lipinski definition) is 2. The van der Waals surface area contributed by atoms with Crippen molar-refractivity contribution in [3.63, 3.8) is 0 Å². The third-order valence-electron chi connectivity index (χ3n) is 4.02. The number of thiophene rings is 1. The molecule has 0 aliphatic carbocycles. The molecule has 0 aliphatic heterocycles. The first-order valence-corrected chi connectivity index (χ1v) is 9.07. The summed E-state index contributed by atoms with van der Waals surface area (Å²) in [4.78, 5) is 13.2. The van der Waals surface area contributed by atoms with Crippen LogP contribution in [0.2, 0.25) is 0 Å². The Labute approximate surface area is 141 Å². The highest BCUT2D eigenvalue weighted by atomic mass is 32.1. The molecule has 2 aromatic rings. The van der Waals surface area contributed by atoms with Crippen LogP contribution in [-0.2, 0) is 10.4 Å². The van der Waals surface area contributed by atoms with Gasteiger partial charge in [-0.15, -0.1) is 11.3 Å². The fraction of sp³-hybridized carbons (Fsp3) is 0.500. The molecular weight excluding hydrogens is 310 g/mol. The van der Waals surface area contributed by atoms with Crippen LogP contribution in [0.5, 0.6) is 0 Å². The third-order valence-corrected chi connectivity index (χ3v) is 5.04. The van der Waals surface area contributed by atoms with Crippen molar-refractivity contribution in [3.8, 4) is 0 Å². The Bertz CT molecular complexity index is 537. The van der Waals surface area contributed by atoms with Crippen LogP contribution in [0.25, 0.3) is 0 Å². The Kier molecular flexibility index (Phi) is 6.42. The van der Waals surface area contributed by atoms with E-state index in [-0.39, 0.29) is 18.4 Å². The molecule has 0 radical (unpaired) electrons. The summed E-state index contributed by atoms with van der Waals surface area (Å²) < 4.78 is 5.42. The molecule has 23 heavy (non-hydrogen) atoms. The van der Waals surface area contributed by atoms with Crippen LogP contribution < -0.4 is 5.32 Å². The molecule has 2 rings (SSSR count). The van der Waals surface area contributed by atoms with E-state index in [2.05, 4.69) is 19.2 Å². The van der Waals surface area contributed by atoms with E-state index in [4.69, 9.17) is 4.42 Å². The number of carbonyl (C=O) groups is 1. The molecule has 5 heteroatoms. The summed E-state index contributed by atoms with van der Waals surface area (Å²) in [6, 6.07) is 7.22. The van der Waals surface area contributed by atoms with Gasteiger partial charge in [0.15, 0.2) is 5.60 Å². The number of nitrogens with one attached hydrogen (secondary N) is 1. The number of aliphatic hydroxyl groups is 1. The molecule has 1 atom stereocenters. The second kappa shape index (κ2) is 8.31. The summed E-state index contributed by atoms with van der Waals surface area (Å²) in [7, 11) is 0. The van der Waals surface area contributed by atoms with E-state index in [1.807, 2.05) is 17.5 Å². The second-order valence-electron chi connectivity index (χ2n) is 5.81. The van der Waals surface area contributed by atoms with Crippen LogP contribution in [0.1, 0.15) is 50.2 Å². The molecule has 0 saturated carbocycles. The zero-order chi connectivity index (χ0) is 16.7. The molecule has 1 amide bonds. The van der Waals surface area contributed by atoms with Gasteiger partial charge in [0.05, 0.1) is 12.8 Å². The van der Waals surface area contributed by atoms with E-state index in [9.17, 15) is 9.90 Å². The summed E-state index contributed by atoms with van der Waals surface area (Å²) in [5.41, 5.74) is -1.32. The maximum absolute atomic E-state index is 12.5. The van der Waals surface area contributed by atoms with Crippen LogP contribution in [0.3, 0.4) is 0 Å². The van der Waals surface area contributed by atoms with Gasteiger partial charge in [0, 0.05) is 10.8 Å². The molecule has 0 spiro atoms. The van der Waals surface area contributed by atoms with Gasteiger partial charge in [0.25, 0.3) is 0 Å². The summed E-state index contributed by atoms with van der Waals surface area (Å²) in [5, 5.41) is 16.0. The van der Waals surface area contributed by atoms with Gasteiger partial charge >= 0.3 is 0 Å². The van der Waals surface area contributed by atoms with Crippen molar-refractivity contribution in [2.24, 2.45) is 5.92 Å². The van der Waals surface area contributed by atoms with Crippen molar-refractivity contribution in [3.05, 3.63) is 46.5 Å². The Morgan fingerprint density at radius 2 is 2.04 bits per heavy atom. The monoisotopic (exact) mass is 335 g/mol. The Hall–Kier alpha value is -1.59. The summed E-state index contributed by atoms with van der Waals surface area (Å²) in [6.07, 6.45) is 5.24. The average molecular weight is 335 g/mol. The SMILES string of the molecule is CCCC(CCC)C(=O)NCC(O)(c1ccco1)c1cccs1. The van der Waals surface area contributed by atoms with E-state index >= 15 is 0 Å². The number of rotatable bonds is 9. The van der Waals surface area contributed by atoms with Crippen LogP contribution in [0.15, 0.2) is 40.3 Å². The van der Waals surface area contributed by atoms with E-state index in [0.29, 0.717) is 5.76 Å². The Morgan fingerprint density at radius 3 is 2.57 bits per heavy atom. The minimum Gasteiger partial charge on any atom is -0.466 e. The highest BCUT2D eigenvalue weighted by Gasteiger charge is 2.36. The lowest BCUT2D eigenvalue weighted by Gasteiger charge is -2.26. The number of furan rings is 1. The summed E-state index contributed by atoms with van der Waals surface area (Å²) in [6.45, 7) is 4.28. The van der Waals surface area contributed by atoms with Crippen LogP contribution in [-0.4, -0.2) is 17.6 Å². The molecule has 2 heterocycles. The first kappa shape index (κ1) is 17.8. The summed E-state index contributed by atoms with van der Waals surface area (Å²) >= 11 is 1.45. The maximum Gasteiger partial charge on any atom is 0.223 e. The first-order chi connectivity index (χ1) is 11.1. The van der Waals surface area contributed by atoms with Gasteiger partial charge in [-0.2, -0.15) is 0 Å². The third kappa shape index (κ3) is 4.24. The van der Waals surface area contributed by atoms with E-state index in [1.54, 1.807) is 12.1 Å². The predicted octanol–water partition coefficient (Wildman–Crippen LogP) is 3.91. The normalized spacial score (nSPS) is 13.9. The molecule has 0 aromatic carbocycles. The Morgan fingerprint density at radius 1 is 1.30 bits per heavy atom. The molecule has 0 bridgehead atoms. The van der Waals surface area contributed by atoms with Gasteiger partial charge in [-0.1, -0.05) is 32.8 Å². The Balaban J connectivity index is 2.12. The van der Waals surface area contributed by atoms with Gasteiger partial charge in [-0.25, -0.2) is 0 Å². The van der Waals surface area contributed by atoms with Gasteiger partial charge in [-0.05, 0) is 36.4 Å². The van der Waals surface area contributed by atoms with Crippen molar-refractivity contribution < 1.29 is 14.3 Å². The van der Waals surface area contributed by atoms with Crippen LogP contribution >= 0.6 is 11.3 Å². The standard InChI is InChI=1S/C18H25NO3S/c1-3-7-14(8-4-2)17(20)19-13-18(21,15-9-5-11-22-15)16-10-6-12-23-16/h5-6,9-12,14,21H,3-4,7-8,13H2,1-2H3,(H,19,20). The molecular formula is C18H25NO3S. The topological polar surface area (TPSA) is 62.5 Å². The lowest BCUT2D eigenvalue weighted by atomic mass is 9.95. The minimum atomic E-state index is -1.32. The highest BCUT2D eigenvalue weighted by Crippen LogP contribution is 2.32. The van der Waals surface area contributed by atoms with E-state index < -0.39 is 5.60 Å². The highest BCUT2D eigenvalue weighted by molar-refractivity contribution is 7.10. The number of carbonyl (C=O) groups excluding carboxylic acids is 1. The lowest BCUT2D eigenvalue weighted by Crippen LogP contribution is -2.43. The van der Waals surface area contributed by atoms with E-state index in [1.165, 1.54) is 17.6 Å². The molecule has 0 aliphatic rings.